The zero-order chi connectivity index (χ0) is 13.1. The average molecular weight is 255 g/mol. The van der Waals surface area contributed by atoms with Gasteiger partial charge in [0.1, 0.15) is 12.7 Å². The van der Waals surface area contributed by atoms with Gasteiger partial charge in [-0.2, -0.15) is 10.2 Å². The molecule has 19 heavy (non-hydrogen) atoms. The number of anilines is 1. The largest absolute Gasteiger partial charge is 0.376 e. The average Bonchev–Trinajstić information content (AvgIpc) is 3.08. The van der Waals surface area contributed by atoms with Gasteiger partial charge in [-0.1, -0.05) is 0 Å². The van der Waals surface area contributed by atoms with Crippen molar-refractivity contribution in [3.05, 3.63) is 48.9 Å². The molecule has 0 spiro atoms. The number of pyridine rings is 1. The summed E-state index contributed by atoms with van der Waals surface area (Å²) in [6.07, 6.45) is 6.61. The van der Waals surface area contributed by atoms with E-state index in [-0.39, 0.29) is 0 Å². The Morgan fingerprint density at radius 2 is 2.16 bits per heavy atom. The van der Waals surface area contributed by atoms with E-state index >= 15 is 0 Å². The van der Waals surface area contributed by atoms with Gasteiger partial charge in [0.05, 0.1) is 17.9 Å². The Morgan fingerprint density at radius 3 is 2.89 bits per heavy atom. The summed E-state index contributed by atoms with van der Waals surface area (Å²) in [6.45, 7) is 0.671. The second-order valence-electron chi connectivity index (χ2n) is 4.01. The number of nitrogens with one attached hydrogen (secondary N) is 1. The minimum Gasteiger partial charge on any atom is -0.376 e. The number of hydrogen-bond acceptors (Lipinski definition) is 5. The van der Waals surface area contributed by atoms with Gasteiger partial charge in [0.15, 0.2) is 5.82 Å². The van der Waals surface area contributed by atoms with Crippen molar-refractivity contribution in [2.75, 3.05) is 5.32 Å². The standard InChI is InChI=1S/C12H13N7/c1-18-10(4-6-16-18)7-15-11-3-2-5-14-12(11)19-9-13-8-17-19/h2-6,8-9,15H,7H2,1H3. The van der Waals surface area contributed by atoms with Crippen LogP contribution in [-0.2, 0) is 13.6 Å². The Morgan fingerprint density at radius 1 is 1.21 bits per heavy atom. The number of nitrogens with zero attached hydrogens (tertiary/aromatic N) is 6. The minimum absolute atomic E-state index is 0.671. The third kappa shape index (κ3) is 2.30. The van der Waals surface area contributed by atoms with E-state index in [0.29, 0.717) is 6.54 Å². The van der Waals surface area contributed by atoms with Crippen LogP contribution >= 0.6 is 0 Å². The van der Waals surface area contributed by atoms with Gasteiger partial charge in [-0.3, -0.25) is 4.68 Å². The smallest absolute Gasteiger partial charge is 0.178 e. The first-order valence-electron chi connectivity index (χ1n) is 5.85. The number of hydrogen-bond donors (Lipinski definition) is 1. The third-order valence-corrected chi connectivity index (χ3v) is 2.80. The van der Waals surface area contributed by atoms with Crippen LogP contribution < -0.4 is 5.32 Å². The number of rotatable bonds is 4. The zero-order valence-corrected chi connectivity index (χ0v) is 10.4. The molecule has 96 valence electrons. The Kier molecular flexibility index (Phi) is 2.93. The highest BCUT2D eigenvalue weighted by molar-refractivity contribution is 5.56. The number of aromatic nitrogens is 6. The van der Waals surface area contributed by atoms with E-state index in [1.54, 1.807) is 23.4 Å². The molecule has 0 aliphatic heterocycles. The molecule has 0 saturated heterocycles. The molecule has 0 atom stereocenters. The van der Waals surface area contributed by atoms with E-state index < -0.39 is 0 Å². The van der Waals surface area contributed by atoms with Crippen molar-refractivity contribution in [3.8, 4) is 5.82 Å². The third-order valence-electron chi connectivity index (χ3n) is 2.80. The quantitative estimate of drug-likeness (QED) is 0.753. The first kappa shape index (κ1) is 11.4. The predicted octanol–water partition coefficient (Wildman–Crippen LogP) is 1.01. The number of aryl methyl sites for hydroxylation is 1. The van der Waals surface area contributed by atoms with E-state index in [0.717, 1.165) is 17.2 Å². The maximum Gasteiger partial charge on any atom is 0.178 e. The molecule has 0 aromatic carbocycles. The van der Waals surface area contributed by atoms with Gasteiger partial charge in [0.2, 0.25) is 0 Å². The summed E-state index contributed by atoms with van der Waals surface area (Å²) in [5, 5.41) is 11.6. The molecular weight excluding hydrogens is 242 g/mol. The lowest BCUT2D eigenvalue weighted by Crippen LogP contribution is -2.09. The molecule has 3 aromatic heterocycles. The van der Waals surface area contributed by atoms with Gasteiger partial charge >= 0.3 is 0 Å². The second-order valence-corrected chi connectivity index (χ2v) is 4.01. The molecule has 0 amide bonds. The van der Waals surface area contributed by atoms with Gasteiger partial charge in [-0.15, -0.1) is 0 Å². The molecule has 3 aromatic rings. The monoisotopic (exact) mass is 255 g/mol. The topological polar surface area (TPSA) is 73.5 Å². The molecule has 7 heteroatoms. The van der Waals surface area contributed by atoms with Crippen molar-refractivity contribution in [1.82, 2.24) is 29.5 Å². The molecule has 7 nitrogen and oxygen atoms in total. The molecule has 3 heterocycles. The SMILES string of the molecule is Cn1nccc1CNc1cccnc1-n1cncn1. The molecule has 3 rings (SSSR count). The van der Waals surface area contributed by atoms with Gasteiger partial charge in [-0.05, 0) is 18.2 Å². The van der Waals surface area contributed by atoms with E-state index in [1.807, 2.05) is 29.9 Å². The van der Waals surface area contributed by atoms with Crippen LogP contribution in [0.15, 0.2) is 43.2 Å². The van der Waals surface area contributed by atoms with Crippen LogP contribution in [0.25, 0.3) is 5.82 Å². The summed E-state index contributed by atoms with van der Waals surface area (Å²) >= 11 is 0. The zero-order valence-electron chi connectivity index (χ0n) is 10.4. The lowest BCUT2D eigenvalue weighted by molar-refractivity contribution is 0.720. The summed E-state index contributed by atoms with van der Waals surface area (Å²) in [6, 6.07) is 5.81. The highest BCUT2D eigenvalue weighted by Crippen LogP contribution is 2.16. The molecule has 0 fully saturated rings. The van der Waals surface area contributed by atoms with Crippen molar-refractivity contribution in [2.45, 2.75) is 6.54 Å². The van der Waals surface area contributed by atoms with Crippen molar-refractivity contribution in [1.29, 1.82) is 0 Å². The van der Waals surface area contributed by atoms with Gasteiger partial charge in [0.25, 0.3) is 0 Å². The van der Waals surface area contributed by atoms with Crippen molar-refractivity contribution < 1.29 is 0 Å². The van der Waals surface area contributed by atoms with Crippen molar-refractivity contribution in [2.24, 2.45) is 7.05 Å². The summed E-state index contributed by atoms with van der Waals surface area (Å²) < 4.78 is 3.46. The van der Waals surface area contributed by atoms with E-state index in [2.05, 4.69) is 25.5 Å². The Labute approximate surface area is 109 Å². The fraction of sp³-hybridized carbons (Fsp3) is 0.167. The summed E-state index contributed by atoms with van der Waals surface area (Å²) in [5.74, 6) is 0.724. The Bertz CT molecular complexity index is 656. The lowest BCUT2D eigenvalue weighted by Gasteiger charge is -2.10. The van der Waals surface area contributed by atoms with E-state index in [4.69, 9.17) is 0 Å². The first-order valence-corrected chi connectivity index (χ1v) is 5.85. The molecule has 0 aliphatic rings. The molecular formula is C12H13N7. The van der Waals surface area contributed by atoms with Crippen LogP contribution in [0.5, 0.6) is 0 Å². The van der Waals surface area contributed by atoms with Crippen molar-refractivity contribution >= 4 is 5.69 Å². The molecule has 0 aliphatic carbocycles. The Balaban J connectivity index is 1.84. The maximum absolute atomic E-state index is 4.32. The van der Waals surface area contributed by atoms with Crippen LogP contribution in [0.4, 0.5) is 5.69 Å². The van der Waals surface area contributed by atoms with Crippen LogP contribution in [0.3, 0.4) is 0 Å². The summed E-state index contributed by atoms with van der Waals surface area (Å²) in [4.78, 5) is 8.25. The predicted molar refractivity (Wildman–Crippen MR) is 69.7 cm³/mol. The van der Waals surface area contributed by atoms with Crippen molar-refractivity contribution in [3.63, 3.8) is 0 Å². The first-order chi connectivity index (χ1) is 9.34. The summed E-state index contributed by atoms with van der Waals surface area (Å²) in [7, 11) is 1.92. The lowest BCUT2D eigenvalue weighted by atomic mass is 10.3. The second kappa shape index (κ2) is 4.89. The van der Waals surface area contributed by atoms with Gasteiger partial charge < -0.3 is 5.32 Å². The molecule has 0 saturated carbocycles. The van der Waals surface area contributed by atoms with Crippen LogP contribution in [0, 0.1) is 0 Å². The molecule has 1 N–H and O–H groups in total. The summed E-state index contributed by atoms with van der Waals surface area (Å²) in [5.41, 5.74) is 1.99. The highest BCUT2D eigenvalue weighted by atomic mass is 15.3. The van der Waals surface area contributed by atoms with Gasteiger partial charge in [-0.25, -0.2) is 14.6 Å². The Hall–Kier alpha value is -2.70. The van der Waals surface area contributed by atoms with Crippen LogP contribution in [0.1, 0.15) is 5.69 Å². The molecule has 0 radical (unpaired) electrons. The normalized spacial score (nSPS) is 10.6. The highest BCUT2D eigenvalue weighted by Gasteiger charge is 2.06. The van der Waals surface area contributed by atoms with E-state index in [1.165, 1.54) is 6.33 Å². The molecule has 0 bridgehead atoms. The fourth-order valence-corrected chi connectivity index (χ4v) is 1.80. The maximum atomic E-state index is 4.32. The van der Waals surface area contributed by atoms with Crippen LogP contribution in [-0.4, -0.2) is 29.5 Å². The molecule has 0 unspecified atom stereocenters. The minimum atomic E-state index is 0.671. The van der Waals surface area contributed by atoms with Gasteiger partial charge in [0, 0.05) is 19.4 Å². The fourth-order valence-electron chi connectivity index (χ4n) is 1.80. The van der Waals surface area contributed by atoms with E-state index in [9.17, 15) is 0 Å². The van der Waals surface area contributed by atoms with Crippen LogP contribution in [0.2, 0.25) is 0 Å².